The molecular weight excluding hydrogens is 1170 g/mol. The first-order valence-electron chi connectivity index (χ1n) is 36.5. The van der Waals surface area contributed by atoms with Crippen LogP contribution in [0.25, 0.3) is 22.8 Å². The van der Waals surface area contributed by atoms with E-state index < -0.39 is 11.9 Å². The van der Waals surface area contributed by atoms with Crippen molar-refractivity contribution in [3.8, 4) is 57.3 Å². The van der Waals surface area contributed by atoms with E-state index in [2.05, 4.69) is 33.8 Å². The number of esters is 2. The van der Waals surface area contributed by atoms with Gasteiger partial charge in [-0.1, -0.05) is 194 Å². The summed E-state index contributed by atoms with van der Waals surface area (Å²) in [7, 11) is 0. The molecule has 12 heteroatoms. The molecule has 0 saturated heterocycles. The van der Waals surface area contributed by atoms with Gasteiger partial charge in [0, 0.05) is 35.9 Å². The number of hydrogen-bond acceptors (Lipinski definition) is 12. The number of aromatic nitrogens is 4. The lowest BCUT2D eigenvalue weighted by atomic mass is 10.0. The van der Waals surface area contributed by atoms with E-state index in [4.69, 9.17) is 28.4 Å². The Kier molecular flexibility index (Phi) is 36.5. The van der Waals surface area contributed by atoms with Crippen molar-refractivity contribution in [3.05, 3.63) is 168 Å². The molecule has 0 atom stereocenters. The summed E-state index contributed by atoms with van der Waals surface area (Å²) in [5.74, 6) is 4.39. The smallest absolute Gasteiger partial charge is 0.343 e. The zero-order chi connectivity index (χ0) is 65.6. The minimum atomic E-state index is -0.491. The third-order valence-corrected chi connectivity index (χ3v) is 17.4. The van der Waals surface area contributed by atoms with Crippen molar-refractivity contribution in [2.24, 2.45) is 0 Å². The molecule has 506 valence electrons. The molecule has 0 spiro atoms. The van der Waals surface area contributed by atoms with Crippen molar-refractivity contribution in [2.75, 3.05) is 26.4 Å². The highest BCUT2D eigenvalue weighted by atomic mass is 16.5. The van der Waals surface area contributed by atoms with Crippen LogP contribution in [0.3, 0.4) is 0 Å². The summed E-state index contributed by atoms with van der Waals surface area (Å²) < 4.78 is 35.2. The first-order chi connectivity index (χ1) is 46.4. The van der Waals surface area contributed by atoms with Crippen molar-refractivity contribution in [2.45, 2.75) is 245 Å². The van der Waals surface area contributed by atoms with Gasteiger partial charge in [-0.15, -0.1) is 0 Å². The Hall–Kier alpha value is -7.60. The van der Waals surface area contributed by atoms with Gasteiger partial charge in [-0.2, -0.15) is 0 Å². The number of carbonyl (C=O) groups excluding carboxylic acids is 2. The zero-order valence-electron chi connectivity index (χ0n) is 57.2. The van der Waals surface area contributed by atoms with Crippen LogP contribution in [0, 0.1) is 0 Å². The van der Waals surface area contributed by atoms with E-state index in [1.165, 1.54) is 178 Å². The second kappa shape index (κ2) is 46.5. The molecule has 0 N–H and O–H groups in total. The van der Waals surface area contributed by atoms with E-state index in [0.29, 0.717) is 60.6 Å². The van der Waals surface area contributed by atoms with Crippen LogP contribution in [-0.4, -0.2) is 58.3 Å². The standard InChI is InChI=1S/C82H110N4O8/c1-3-5-7-9-11-13-15-19-25-31-37-67-63-83-79(84-64-67)69-39-47-73(48-40-69)89-59-33-27-21-17-23-29-35-61-91-75-51-43-71(44-52-75)81(87)93-77-55-57-78(58-56-77)94-82(88)72-45-53-76(54-46-72)92-62-36-30-24-18-22-28-34-60-90-74-49-41-70(42-50-74)80-85-65-68(66-86-80)38-32-26-20-16-14-12-10-8-6-4-2/h39-58,63-66H,3-38,59-62H2,1-2H3. The minimum absolute atomic E-state index is 0.338. The maximum atomic E-state index is 12.9. The molecule has 2 heterocycles. The molecular formula is C82H110N4O8. The van der Waals surface area contributed by atoms with Crippen LogP contribution in [0.5, 0.6) is 34.5 Å². The molecule has 0 unspecified atom stereocenters. The molecule has 0 bridgehead atoms. The molecule has 7 aromatic rings. The number of ether oxygens (including phenoxy) is 6. The van der Waals surface area contributed by atoms with Crippen LogP contribution in [0.1, 0.15) is 264 Å². The van der Waals surface area contributed by atoms with Crippen LogP contribution in [-0.2, 0) is 12.8 Å². The second-order valence-electron chi connectivity index (χ2n) is 25.4. The number of benzene rings is 5. The van der Waals surface area contributed by atoms with Crippen LogP contribution in [0.4, 0.5) is 0 Å². The normalized spacial score (nSPS) is 11.2. The molecule has 0 aliphatic rings. The van der Waals surface area contributed by atoms with Gasteiger partial charge in [-0.3, -0.25) is 0 Å². The molecule has 12 nitrogen and oxygen atoms in total. The largest absolute Gasteiger partial charge is 0.494 e. The van der Waals surface area contributed by atoms with E-state index in [-0.39, 0.29) is 0 Å². The van der Waals surface area contributed by atoms with Gasteiger partial charge in [0.1, 0.15) is 34.5 Å². The Morgan fingerprint density at radius 2 is 0.489 bits per heavy atom. The Balaban J connectivity index is 0.634. The first-order valence-corrected chi connectivity index (χ1v) is 36.5. The Labute approximate surface area is 564 Å². The summed E-state index contributed by atoms with van der Waals surface area (Å²) in [6.45, 7) is 7.21. The highest BCUT2D eigenvalue weighted by Gasteiger charge is 2.13. The molecule has 7 rings (SSSR count). The number of aryl methyl sites for hydroxylation is 2. The molecule has 5 aromatic carbocycles. The monoisotopic (exact) mass is 1280 g/mol. The molecule has 0 fully saturated rings. The zero-order valence-corrected chi connectivity index (χ0v) is 57.2. The highest BCUT2D eigenvalue weighted by Crippen LogP contribution is 2.26. The fourth-order valence-corrected chi connectivity index (χ4v) is 11.5. The minimum Gasteiger partial charge on any atom is -0.494 e. The first kappa shape index (κ1) is 73.8. The molecule has 2 aromatic heterocycles. The van der Waals surface area contributed by atoms with Crippen molar-refractivity contribution >= 4 is 11.9 Å². The fraction of sp³-hybridized carbons (Fsp3) is 0.512. The summed E-state index contributed by atoms with van der Waals surface area (Å²) in [4.78, 5) is 44.5. The van der Waals surface area contributed by atoms with Gasteiger partial charge in [0.05, 0.1) is 37.6 Å². The molecule has 0 aliphatic carbocycles. The quantitative estimate of drug-likeness (QED) is 0.0204. The number of nitrogens with zero attached hydrogens (tertiary/aromatic N) is 4. The third-order valence-electron chi connectivity index (χ3n) is 17.4. The van der Waals surface area contributed by atoms with E-state index >= 15 is 0 Å². The van der Waals surface area contributed by atoms with Crippen molar-refractivity contribution in [1.29, 1.82) is 0 Å². The lowest BCUT2D eigenvalue weighted by Crippen LogP contribution is -2.09. The number of unbranched alkanes of at least 4 members (excludes halogenated alkanes) is 30. The predicted octanol–water partition coefficient (Wildman–Crippen LogP) is 22.3. The summed E-state index contributed by atoms with van der Waals surface area (Å²) in [5.41, 5.74) is 5.26. The number of hydrogen-bond donors (Lipinski definition) is 0. The van der Waals surface area contributed by atoms with Gasteiger partial charge in [0.2, 0.25) is 0 Å². The summed E-state index contributed by atoms with van der Waals surface area (Å²) >= 11 is 0. The van der Waals surface area contributed by atoms with Crippen molar-refractivity contribution < 1.29 is 38.0 Å². The van der Waals surface area contributed by atoms with Crippen LogP contribution in [0.15, 0.2) is 146 Å². The summed E-state index contributed by atoms with van der Waals surface area (Å²) in [6, 6.07) is 36.6. The van der Waals surface area contributed by atoms with E-state index in [0.717, 1.165) is 98.5 Å². The topological polar surface area (TPSA) is 141 Å². The lowest BCUT2D eigenvalue weighted by Gasteiger charge is -2.09. The van der Waals surface area contributed by atoms with Crippen LogP contribution in [0.2, 0.25) is 0 Å². The Bertz CT molecular complexity index is 2860. The van der Waals surface area contributed by atoms with Crippen LogP contribution < -0.4 is 28.4 Å². The average molecular weight is 1280 g/mol. The molecule has 94 heavy (non-hydrogen) atoms. The Morgan fingerprint density at radius 3 is 0.755 bits per heavy atom. The van der Waals surface area contributed by atoms with E-state index in [1.807, 2.05) is 73.3 Å². The predicted molar refractivity (Wildman–Crippen MR) is 382 cm³/mol. The summed E-state index contributed by atoms with van der Waals surface area (Å²) in [5, 5.41) is 0. The van der Waals surface area contributed by atoms with Gasteiger partial charge >= 0.3 is 11.9 Å². The molecule has 0 radical (unpaired) electrons. The maximum Gasteiger partial charge on any atom is 0.343 e. The van der Waals surface area contributed by atoms with Gasteiger partial charge in [0.15, 0.2) is 11.6 Å². The SMILES string of the molecule is CCCCCCCCCCCCc1cnc(-c2ccc(OCCCCCCCCCOc3ccc(C(=O)Oc4ccc(OC(=O)c5ccc(OCCCCCCCCCOc6ccc(-c7ncc(CCCCCCCCCCCC)cn7)cc6)cc5)cc4)cc3)cc2)nc1. The Morgan fingerprint density at radius 1 is 0.266 bits per heavy atom. The van der Waals surface area contributed by atoms with E-state index in [1.54, 1.807) is 72.8 Å². The summed E-state index contributed by atoms with van der Waals surface area (Å²) in [6.07, 6.45) is 52.5. The number of carbonyl (C=O) groups is 2. The molecule has 0 aliphatic heterocycles. The second-order valence-corrected chi connectivity index (χ2v) is 25.4. The number of rotatable bonds is 52. The van der Waals surface area contributed by atoms with Gasteiger partial charge < -0.3 is 28.4 Å². The van der Waals surface area contributed by atoms with Crippen LogP contribution >= 0.6 is 0 Å². The van der Waals surface area contributed by atoms with E-state index in [9.17, 15) is 9.59 Å². The molecule has 0 amide bonds. The van der Waals surface area contributed by atoms with Crippen molar-refractivity contribution in [1.82, 2.24) is 19.9 Å². The highest BCUT2D eigenvalue weighted by molar-refractivity contribution is 5.92. The van der Waals surface area contributed by atoms with Gasteiger partial charge in [0.25, 0.3) is 0 Å². The molecule has 0 saturated carbocycles. The van der Waals surface area contributed by atoms with Crippen molar-refractivity contribution in [3.63, 3.8) is 0 Å². The third kappa shape index (κ3) is 30.6. The maximum absolute atomic E-state index is 12.9. The average Bonchev–Trinajstić information content (AvgIpc) is 1.13. The fourth-order valence-electron chi connectivity index (χ4n) is 11.5. The van der Waals surface area contributed by atoms with Gasteiger partial charge in [-0.25, -0.2) is 29.5 Å². The lowest BCUT2D eigenvalue weighted by molar-refractivity contribution is 0.0719. The van der Waals surface area contributed by atoms with Gasteiger partial charge in [-0.05, 0) is 184 Å².